The molecule has 0 atom stereocenters. The molecule has 0 saturated heterocycles. The fourth-order valence-electron chi connectivity index (χ4n) is 1.77. The van der Waals surface area contributed by atoms with Crippen LogP contribution in [0.1, 0.15) is 31.9 Å². The van der Waals surface area contributed by atoms with Gasteiger partial charge in [-0.2, -0.15) is 0 Å². The van der Waals surface area contributed by atoms with Gasteiger partial charge in [0, 0.05) is 19.6 Å². The highest BCUT2D eigenvalue weighted by Gasteiger charge is 2.14. The van der Waals surface area contributed by atoms with Gasteiger partial charge in [0.1, 0.15) is 11.4 Å². The lowest BCUT2D eigenvalue weighted by Crippen LogP contribution is -2.32. The van der Waals surface area contributed by atoms with Crippen molar-refractivity contribution >= 4 is 6.09 Å². The van der Waals surface area contributed by atoms with Crippen LogP contribution in [0.3, 0.4) is 0 Å². The third-order valence-electron chi connectivity index (χ3n) is 2.81. The zero-order chi connectivity index (χ0) is 16.6. The third-order valence-corrected chi connectivity index (χ3v) is 2.81. The van der Waals surface area contributed by atoms with E-state index in [1.54, 1.807) is 6.07 Å². The molecule has 1 aromatic carbocycles. The first-order valence-electron chi connectivity index (χ1n) is 7.35. The zero-order valence-electron chi connectivity index (χ0n) is 13.7. The van der Waals surface area contributed by atoms with Crippen molar-refractivity contribution in [3.05, 3.63) is 47.3 Å². The van der Waals surface area contributed by atoms with Gasteiger partial charge in [0.05, 0.1) is 0 Å². The van der Waals surface area contributed by atoms with Crippen LogP contribution in [0.4, 0.5) is 9.18 Å². The Hall–Kier alpha value is -1.88. The van der Waals surface area contributed by atoms with Crippen molar-refractivity contribution in [3.8, 4) is 0 Å². The zero-order valence-corrected chi connectivity index (χ0v) is 13.7. The highest BCUT2D eigenvalue weighted by molar-refractivity contribution is 5.67. The molecule has 5 heteroatoms. The molecule has 0 unspecified atom stereocenters. The highest BCUT2D eigenvalue weighted by Crippen LogP contribution is 2.09. The van der Waals surface area contributed by atoms with E-state index in [4.69, 9.17) is 4.74 Å². The van der Waals surface area contributed by atoms with E-state index in [9.17, 15) is 9.18 Å². The number of aryl methyl sites for hydroxylation is 1. The maximum absolute atomic E-state index is 13.0. The maximum atomic E-state index is 13.0. The molecule has 2 N–H and O–H groups in total. The maximum Gasteiger partial charge on any atom is 0.407 e. The average Bonchev–Trinajstić information content (AvgIpc) is 2.37. The van der Waals surface area contributed by atoms with Crippen LogP contribution in [0.15, 0.2) is 30.4 Å². The second-order valence-corrected chi connectivity index (χ2v) is 6.06. The molecule has 0 fully saturated rings. The fourth-order valence-corrected chi connectivity index (χ4v) is 1.77. The predicted molar refractivity (Wildman–Crippen MR) is 86.2 cm³/mol. The van der Waals surface area contributed by atoms with Gasteiger partial charge in [-0.25, -0.2) is 9.18 Å². The van der Waals surface area contributed by atoms with Gasteiger partial charge in [0.15, 0.2) is 0 Å². The smallest absolute Gasteiger partial charge is 0.407 e. The van der Waals surface area contributed by atoms with Gasteiger partial charge in [-0.05, 0) is 51.0 Å². The third kappa shape index (κ3) is 7.78. The van der Waals surface area contributed by atoms with Gasteiger partial charge in [0.25, 0.3) is 0 Å². The lowest BCUT2D eigenvalue weighted by Gasteiger charge is -2.19. The first-order valence-corrected chi connectivity index (χ1v) is 7.35. The summed E-state index contributed by atoms with van der Waals surface area (Å²) in [6.45, 7) is 9.13. The van der Waals surface area contributed by atoms with Gasteiger partial charge in [0.2, 0.25) is 0 Å². The predicted octanol–water partition coefficient (Wildman–Crippen LogP) is 3.30. The summed E-state index contributed by atoms with van der Waals surface area (Å²) in [4.78, 5) is 11.4. The van der Waals surface area contributed by atoms with Gasteiger partial charge in [-0.1, -0.05) is 18.2 Å². The van der Waals surface area contributed by atoms with E-state index in [0.29, 0.717) is 19.6 Å². The Morgan fingerprint density at radius 3 is 2.59 bits per heavy atom. The van der Waals surface area contributed by atoms with E-state index >= 15 is 0 Å². The summed E-state index contributed by atoms with van der Waals surface area (Å²) in [5.74, 6) is -0.214. The molecule has 1 amide bonds. The van der Waals surface area contributed by atoms with Crippen LogP contribution < -0.4 is 10.6 Å². The number of hydrogen-bond acceptors (Lipinski definition) is 3. The van der Waals surface area contributed by atoms with Crippen LogP contribution in [0.5, 0.6) is 0 Å². The van der Waals surface area contributed by atoms with Gasteiger partial charge in [-0.15, -0.1) is 0 Å². The number of nitrogens with one attached hydrogen (secondary N) is 2. The van der Waals surface area contributed by atoms with Crippen molar-refractivity contribution in [1.82, 2.24) is 10.6 Å². The number of benzene rings is 1. The molecular formula is C17H25FN2O2. The summed E-state index contributed by atoms with van der Waals surface area (Å²) in [5, 5.41) is 5.88. The molecule has 122 valence electrons. The molecular weight excluding hydrogens is 283 g/mol. The summed E-state index contributed by atoms with van der Waals surface area (Å²) in [7, 11) is 0. The molecule has 1 rings (SSSR count). The average molecular weight is 308 g/mol. The number of carbonyl (C=O) groups excluding carboxylic acids is 1. The quantitative estimate of drug-likeness (QED) is 0.626. The molecule has 0 spiro atoms. The lowest BCUT2D eigenvalue weighted by atomic mass is 10.1. The lowest BCUT2D eigenvalue weighted by molar-refractivity contribution is 0.0534. The SMILES string of the molecule is Cc1cc(F)ccc1CNC/C=C/CNC(=O)OC(C)(C)C. The number of rotatable bonds is 6. The minimum Gasteiger partial charge on any atom is -0.444 e. The van der Waals surface area contributed by atoms with Gasteiger partial charge in [-0.3, -0.25) is 0 Å². The number of amides is 1. The Bertz CT molecular complexity index is 522. The van der Waals surface area contributed by atoms with Crippen molar-refractivity contribution < 1.29 is 13.9 Å². The highest BCUT2D eigenvalue weighted by atomic mass is 19.1. The Labute approximate surface area is 131 Å². The van der Waals surface area contributed by atoms with E-state index < -0.39 is 11.7 Å². The summed E-state index contributed by atoms with van der Waals surface area (Å²) >= 11 is 0. The molecule has 0 heterocycles. The summed E-state index contributed by atoms with van der Waals surface area (Å²) < 4.78 is 18.1. The summed E-state index contributed by atoms with van der Waals surface area (Å²) in [6, 6.07) is 4.77. The molecule has 0 aliphatic heterocycles. The van der Waals surface area contributed by atoms with E-state index in [1.165, 1.54) is 12.1 Å². The van der Waals surface area contributed by atoms with E-state index in [0.717, 1.165) is 11.1 Å². The molecule has 0 saturated carbocycles. The van der Waals surface area contributed by atoms with Crippen molar-refractivity contribution in [2.45, 2.75) is 39.8 Å². The largest absolute Gasteiger partial charge is 0.444 e. The number of hydrogen-bond donors (Lipinski definition) is 2. The van der Waals surface area contributed by atoms with Crippen LogP contribution in [-0.2, 0) is 11.3 Å². The van der Waals surface area contributed by atoms with Crippen molar-refractivity contribution in [2.75, 3.05) is 13.1 Å². The van der Waals surface area contributed by atoms with Crippen molar-refractivity contribution in [2.24, 2.45) is 0 Å². The van der Waals surface area contributed by atoms with Crippen LogP contribution in [-0.4, -0.2) is 24.8 Å². The Morgan fingerprint density at radius 2 is 1.95 bits per heavy atom. The van der Waals surface area contributed by atoms with Gasteiger partial charge >= 0.3 is 6.09 Å². The monoisotopic (exact) mass is 308 g/mol. The second-order valence-electron chi connectivity index (χ2n) is 6.06. The minimum absolute atomic E-state index is 0.214. The van der Waals surface area contributed by atoms with E-state index in [1.807, 2.05) is 39.8 Å². The van der Waals surface area contributed by atoms with Crippen LogP contribution in [0, 0.1) is 12.7 Å². The molecule has 22 heavy (non-hydrogen) atoms. The van der Waals surface area contributed by atoms with Crippen LogP contribution in [0.25, 0.3) is 0 Å². The Morgan fingerprint density at radius 1 is 1.27 bits per heavy atom. The Kier molecular flexibility index (Phi) is 7.05. The number of ether oxygens (including phenoxy) is 1. The molecule has 0 aliphatic carbocycles. The molecule has 0 bridgehead atoms. The minimum atomic E-state index is -0.484. The van der Waals surface area contributed by atoms with E-state index in [-0.39, 0.29) is 5.82 Å². The normalized spacial score (nSPS) is 11.7. The first-order chi connectivity index (χ1) is 10.3. The first kappa shape index (κ1) is 18.2. The molecule has 4 nitrogen and oxygen atoms in total. The number of alkyl carbamates (subject to hydrolysis) is 1. The van der Waals surface area contributed by atoms with Crippen molar-refractivity contribution in [3.63, 3.8) is 0 Å². The topological polar surface area (TPSA) is 50.4 Å². The molecule has 0 aliphatic rings. The molecule has 1 aromatic rings. The Balaban J connectivity index is 2.18. The standard InChI is InChI=1S/C17H25FN2O2/c1-13-11-15(18)8-7-14(13)12-19-9-5-6-10-20-16(21)22-17(2,3)4/h5-8,11,19H,9-10,12H2,1-4H3,(H,20,21)/b6-5+. The molecule has 0 aromatic heterocycles. The van der Waals surface area contributed by atoms with Gasteiger partial charge < -0.3 is 15.4 Å². The fraction of sp³-hybridized carbons (Fsp3) is 0.471. The van der Waals surface area contributed by atoms with E-state index in [2.05, 4.69) is 10.6 Å². The van der Waals surface area contributed by atoms with Crippen molar-refractivity contribution in [1.29, 1.82) is 0 Å². The molecule has 0 radical (unpaired) electrons. The van der Waals surface area contributed by atoms with Crippen LogP contribution in [0.2, 0.25) is 0 Å². The summed E-state index contributed by atoms with van der Waals surface area (Å²) in [5.41, 5.74) is 1.52. The van der Waals surface area contributed by atoms with Crippen LogP contribution >= 0.6 is 0 Å². The number of halogens is 1. The second kappa shape index (κ2) is 8.54. The summed E-state index contributed by atoms with van der Waals surface area (Å²) in [6.07, 6.45) is 3.36. The number of carbonyl (C=O) groups is 1.